The van der Waals surface area contributed by atoms with Gasteiger partial charge in [-0.3, -0.25) is 0 Å². The maximum Gasteiger partial charge on any atom is 0.435 e. The smallest absolute Gasteiger partial charge is 0.385 e. The highest BCUT2D eigenvalue weighted by Crippen LogP contribution is 2.27. The largest absolute Gasteiger partial charge is 0.435 e. The van der Waals surface area contributed by atoms with E-state index in [9.17, 15) is 13.2 Å². The summed E-state index contributed by atoms with van der Waals surface area (Å²) in [4.78, 5) is 0. The van der Waals surface area contributed by atoms with Crippen molar-refractivity contribution in [3.63, 3.8) is 0 Å². The molecule has 1 heterocycles. The highest BCUT2D eigenvalue weighted by Gasteiger charge is 2.33. The van der Waals surface area contributed by atoms with E-state index in [1.807, 2.05) is 6.92 Å². The molecule has 0 fully saturated rings. The molecule has 1 aromatic carbocycles. The Morgan fingerprint density at radius 3 is 2.33 bits per heavy atom. The fraction of sp³-hybridized carbons (Fsp3) is 0.250. The third-order valence-corrected chi connectivity index (χ3v) is 2.39. The lowest BCUT2D eigenvalue weighted by atomic mass is 10.3. The zero-order valence-electron chi connectivity index (χ0n) is 9.70. The summed E-state index contributed by atoms with van der Waals surface area (Å²) in [7, 11) is 0. The predicted octanol–water partition coefficient (Wildman–Crippen LogP) is 3.32. The van der Waals surface area contributed by atoms with Gasteiger partial charge in [0, 0.05) is 18.4 Å². The molecule has 0 aliphatic carbocycles. The van der Waals surface area contributed by atoms with E-state index in [2.05, 4.69) is 10.4 Å². The third-order valence-electron chi connectivity index (χ3n) is 2.39. The molecule has 0 aliphatic rings. The lowest BCUT2D eigenvalue weighted by Gasteiger charge is -2.05. The molecule has 2 aromatic rings. The van der Waals surface area contributed by atoms with Gasteiger partial charge in [-0.1, -0.05) is 0 Å². The zero-order valence-corrected chi connectivity index (χ0v) is 9.70. The molecule has 0 saturated heterocycles. The van der Waals surface area contributed by atoms with Crippen molar-refractivity contribution in [2.24, 2.45) is 0 Å². The summed E-state index contributed by atoms with van der Waals surface area (Å²) >= 11 is 0. The maximum atomic E-state index is 12.4. The molecular weight excluding hydrogens is 243 g/mol. The maximum absolute atomic E-state index is 12.4. The SMILES string of the molecule is CCNc1ccc(-n2ccc(C(F)(F)F)n2)cc1. The number of nitrogens with one attached hydrogen (secondary N) is 1. The molecule has 0 amide bonds. The first-order valence-electron chi connectivity index (χ1n) is 5.48. The minimum absolute atomic E-state index is 0.590. The van der Waals surface area contributed by atoms with E-state index in [1.54, 1.807) is 24.3 Å². The lowest BCUT2D eigenvalue weighted by molar-refractivity contribution is -0.141. The average Bonchev–Trinajstić information content (AvgIpc) is 2.79. The second-order valence-corrected chi connectivity index (χ2v) is 3.72. The minimum Gasteiger partial charge on any atom is -0.385 e. The van der Waals surface area contributed by atoms with Crippen LogP contribution in [0.25, 0.3) is 5.69 Å². The fourth-order valence-electron chi connectivity index (χ4n) is 1.56. The first-order valence-corrected chi connectivity index (χ1v) is 5.48. The summed E-state index contributed by atoms with van der Waals surface area (Å²) < 4.78 is 38.4. The highest BCUT2D eigenvalue weighted by atomic mass is 19.4. The predicted molar refractivity (Wildman–Crippen MR) is 62.7 cm³/mol. The molecule has 3 nitrogen and oxygen atoms in total. The van der Waals surface area contributed by atoms with Gasteiger partial charge in [0.2, 0.25) is 0 Å². The van der Waals surface area contributed by atoms with Gasteiger partial charge in [-0.15, -0.1) is 0 Å². The Balaban J connectivity index is 2.23. The Kier molecular flexibility index (Phi) is 3.27. The number of benzene rings is 1. The number of rotatable bonds is 3. The summed E-state index contributed by atoms with van der Waals surface area (Å²) in [5.41, 5.74) is 0.620. The standard InChI is InChI=1S/C12H12F3N3/c1-2-16-9-3-5-10(6-4-9)18-8-7-11(17-18)12(13,14)15/h3-8,16H,2H2,1H3. The molecule has 0 unspecified atom stereocenters. The monoisotopic (exact) mass is 255 g/mol. The number of halogens is 3. The molecule has 0 saturated carbocycles. The van der Waals surface area contributed by atoms with Crippen LogP contribution < -0.4 is 5.32 Å². The Bertz CT molecular complexity index is 514. The van der Waals surface area contributed by atoms with Crippen LogP contribution in [0.3, 0.4) is 0 Å². The van der Waals surface area contributed by atoms with Crippen LogP contribution in [0.15, 0.2) is 36.5 Å². The van der Waals surface area contributed by atoms with Crippen LogP contribution in [0, 0.1) is 0 Å². The quantitative estimate of drug-likeness (QED) is 0.911. The first-order chi connectivity index (χ1) is 8.50. The van der Waals surface area contributed by atoms with Gasteiger partial charge in [0.15, 0.2) is 5.69 Å². The molecule has 0 bridgehead atoms. The van der Waals surface area contributed by atoms with E-state index in [-0.39, 0.29) is 0 Å². The van der Waals surface area contributed by atoms with Gasteiger partial charge >= 0.3 is 6.18 Å². The van der Waals surface area contributed by atoms with Crippen LogP contribution >= 0.6 is 0 Å². The van der Waals surface area contributed by atoms with Crippen molar-refractivity contribution >= 4 is 5.69 Å². The van der Waals surface area contributed by atoms with E-state index < -0.39 is 11.9 Å². The van der Waals surface area contributed by atoms with Gasteiger partial charge in [0.25, 0.3) is 0 Å². The zero-order chi connectivity index (χ0) is 13.2. The fourth-order valence-corrected chi connectivity index (χ4v) is 1.56. The van der Waals surface area contributed by atoms with Crippen LogP contribution in [-0.4, -0.2) is 16.3 Å². The molecular formula is C12H12F3N3. The average molecular weight is 255 g/mol. The van der Waals surface area contributed by atoms with Crippen molar-refractivity contribution in [3.05, 3.63) is 42.2 Å². The van der Waals surface area contributed by atoms with E-state index >= 15 is 0 Å². The van der Waals surface area contributed by atoms with Crippen molar-refractivity contribution in [1.29, 1.82) is 0 Å². The molecule has 2 rings (SSSR count). The lowest BCUT2D eigenvalue weighted by Crippen LogP contribution is -2.07. The van der Waals surface area contributed by atoms with Gasteiger partial charge in [0.05, 0.1) is 5.69 Å². The van der Waals surface area contributed by atoms with Gasteiger partial charge < -0.3 is 5.32 Å². The van der Waals surface area contributed by atoms with Crippen molar-refractivity contribution in [3.8, 4) is 5.69 Å². The normalized spacial score (nSPS) is 11.6. The molecule has 0 radical (unpaired) electrons. The van der Waals surface area contributed by atoms with Crippen molar-refractivity contribution < 1.29 is 13.2 Å². The summed E-state index contributed by atoms with van der Waals surface area (Å²) in [5, 5.41) is 6.60. The summed E-state index contributed by atoms with van der Waals surface area (Å²) in [6, 6.07) is 7.98. The van der Waals surface area contributed by atoms with Crippen LogP contribution in [0.2, 0.25) is 0 Å². The molecule has 0 atom stereocenters. The van der Waals surface area contributed by atoms with E-state index in [0.717, 1.165) is 18.3 Å². The molecule has 0 spiro atoms. The third kappa shape index (κ3) is 2.64. The van der Waals surface area contributed by atoms with Gasteiger partial charge in [-0.05, 0) is 37.3 Å². The number of hydrogen-bond acceptors (Lipinski definition) is 2. The summed E-state index contributed by atoms with van der Waals surface area (Å²) in [5.74, 6) is 0. The second-order valence-electron chi connectivity index (χ2n) is 3.72. The number of alkyl halides is 3. The molecule has 96 valence electrons. The second kappa shape index (κ2) is 4.72. The van der Waals surface area contributed by atoms with Crippen molar-refractivity contribution in [2.75, 3.05) is 11.9 Å². The van der Waals surface area contributed by atoms with Crippen LogP contribution in [0.5, 0.6) is 0 Å². The molecule has 6 heteroatoms. The topological polar surface area (TPSA) is 29.9 Å². The Morgan fingerprint density at radius 2 is 1.83 bits per heavy atom. The van der Waals surface area contributed by atoms with E-state index in [4.69, 9.17) is 0 Å². The number of hydrogen-bond donors (Lipinski definition) is 1. The Labute approximate surface area is 102 Å². The van der Waals surface area contributed by atoms with Crippen molar-refractivity contribution in [1.82, 2.24) is 9.78 Å². The number of anilines is 1. The van der Waals surface area contributed by atoms with Gasteiger partial charge in [-0.25, -0.2) is 4.68 Å². The Hall–Kier alpha value is -1.98. The molecule has 18 heavy (non-hydrogen) atoms. The minimum atomic E-state index is -4.41. The first kappa shape index (κ1) is 12.5. The van der Waals surface area contributed by atoms with Gasteiger partial charge in [0.1, 0.15) is 0 Å². The number of nitrogens with zero attached hydrogens (tertiary/aromatic N) is 2. The van der Waals surface area contributed by atoms with Gasteiger partial charge in [-0.2, -0.15) is 18.3 Å². The van der Waals surface area contributed by atoms with E-state index in [1.165, 1.54) is 10.9 Å². The van der Waals surface area contributed by atoms with Crippen LogP contribution in [0.1, 0.15) is 12.6 Å². The number of aromatic nitrogens is 2. The molecule has 1 aromatic heterocycles. The summed E-state index contributed by atoms with van der Waals surface area (Å²) in [6.07, 6.45) is -3.11. The highest BCUT2D eigenvalue weighted by molar-refractivity contribution is 5.48. The van der Waals surface area contributed by atoms with Crippen molar-refractivity contribution in [2.45, 2.75) is 13.1 Å². The molecule has 1 N–H and O–H groups in total. The van der Waals surface area contributed by atoms with Crippen LogP contribution in [-0.2, 0) is 6.18 Å². The van der Waals surface area contributed by atoms with E-state index in [0.29, 0.717) is 5.69 Å². The Morgan fingerprint density at radius 1 is 1.17 bits per heavy atom. The molecule has 0 aliphatic heterocycles. The summed E-state index contributed by atoms with van der Waals surface area (Å²) in [6.45, 7) is 2.76. The van der Waals surface area contributed by atoms with Crippen LogP contribution in [0.4, 0.5) is 18.9 Å².